The van der Waals surface area contributed by atoms with E-state index in [0.29, 0.717) is 28.9 Å². The van der Waals surface area contributed by atoms with Crippen LogP contribution in [0.2, 0.25) is 0 Å². The van der Waals surface area contributed by atoms with Gasteiger partial charge in [-0.05, 0) is 59.2 Å². The molecular weight excluding hydrogens is 612 g/mol. The van der Waals surface area contributed by atoms with Gasteiger partial charge in [-0.25, -0.2) is 14.8 Å². The molecule has 5 aromatic rings. The second-order valence-corrected chi connectivity index (χ2v) is 12.1. The highest BCUT2D eigenvalue weighted by Gasteiger charge is 2.38. The van der Waals surface area contributed by atoms with E-state index in [2.05, 4.69) is 27.5 Å². The number of anilines is 1. The molecular formula is C37H36N4O5S. The second kappa shape index (κ2) is 15.7. The van der Waals surface area contributed by atoms with Crippen molar-refractivity contribution in [1.82, 2.24) is 15.3 Å². The highest BCUT2D eigenvalue weighted by atomic mass is 32.2. The molecule has 0 radical (unpaired) electrons. The first-order valence-electron chi connectivity index (χ1n) is 15.4. The minimum absolute atomic E-state index is 0.00991. The Kier molecular flexibility index (Phi) is 10.8. The quantitative estimate of drug-likeness (QED) is 0.0988. The average Bonchev–Trinajstić information content (AvgIpc) is 3.12. The predicted molar refractivity (Wildman–Crippen MR) is 181 cm³/mol. The number of rotatable bonds is 11. The number of aliphatic hydroxyl groups is 1. The maximum absolute atomic E-state index is 12.6. The van der Waals surface area contributed by atoms with Gasteiger partial charge in [0, 0.05) is 41.9 Å². The first kappa shape index (κ1) is 32.2. The monoisotopic (exact) mass is 648 g/mol. The van der Waals surface area contributed by atoms with Crippen LogP contribution in [0, 0.1) is 5.92 Å². The van der Waals surface area contributed by atoms with Crippen molar-refractivity contribution in [3.8, 4) is 11.5 Å². The Bertz CT molecular complexity index is 1710. The number of benzene rings is 4. The van der Waals surface area contributed by atoms with E-state index in [4.69, 9.17) is 14.2 Å². The molecule has 3 N–H and O–H groups in total. The van der Waals surface area contributed by atoms with Gasteiger partial charge >= 0.3 is 6.03 Å². The van der Waals surface area contributed by atoms with Crippen molar-refractivity contribution in [3.05, 3.63) is 144 Å². The van der Waals surface area contributed by atoms with Crippen LogP contribution < -0.4 is 15.4 Å². The number of thioether (sulfide) groups is 1. The number of carbonyl (C=O) groups is 1. The van der Waals surface area contributed by atoms with Gasteiger partial charge in [0.2, 0.25) is 0 Å². The number of amides is 2. The maximum Gasteiger partial charge on any atom is 0.319 e. The van der Waals surface area contributed by atoms with Gasteiger partial charge < -0.3 is 30.0 Å². The highest BCUT2D eigenvalue weighted by molar-refractivity contribution is 7.99. The number of ether oxygens (including phenoxy) is 3. The third kappa shape index (κ3) is 8.75. The van der Waals surface area contributed by atoms with Crippen LogP contribution in [0.25, 0.3) is 0 Å². The number of aromatic nitrogens is 2. The van der Waals surface area contributed by atoms with Gasteiger partial charge in [-0.3, -0.25) is 0 Å². The lowest BCUT2D eigenvalue weighted by Crippen LogP contribution is -2.38. The van der Waals surface area contributed by atoms with Crippen molar-refractivity contribution in [2.75, 3.05) is 11.1 Å². The van der Waals surface area contributed by atoms with Gasteiger partial charge in [0.15, 0.2) is 11.4 Å². The molecule has 2 heterocycles. The molecule has 240 valence electrons. The summed E-state index contributed by atoms with van der Waals surface area (Å²) in [4.78, 5) is 21.3. The molecule has 6 rings (SSSR count). The summed E-state index contributed by atoms with van der Waals surface area (Å²) in [5, 5.41) is 16.0. The summed E-state index contributed by atoms with van der Waals surface area (Å²) in [7, 11) is 0. The summed E-state index contributed by atoms with van der Waals surface area (Å²) in [5.74, 6) is 2.15. The summed E-state index contributed by atoms with van der Waals surface area (Å²) in [6.07, 6.45) is 2.53. The third-order valence-electron chi connectivity index (χ3n) is 7.84. The summed E-state index contributed by atoms with van der Waals surface area (Å²) in [6, 6.07) is 34.0. The van der Waals surface area contributed by atoms with E-state index in [-0.39, 0.29) is 30.8 Å². The van der Waals surface area contributed by atoms with E-state index in [9.17, 15) is 9.90 Å². The lowest BCUT2D eigenvalue weighted by molar-refractivity contribution is -0.268. The molecule has 2 amide bonds. The molecule has 47 heavy (non-hydrogen) atoms. The van der Waals surface area contributed by atoms with E-state index in [1.165, 1.54) is 0 Å². The molecule has 10 heteroatoms. The molecule has 0 spiro atoms. The van der Waals surface area contributed by atoms with Gasteiger partial charge in [-0.1, -0.05) is 85.4 Å². The van der Waals surface area contributed by atoms with Gasteiger partial charge in [0.05, 0.1) is 18.8 Å². The molecule has 1 aliphatic rings. The molecule has 4 atom stereocenters. The summed E-state index contributed by atoms with van der Waals surface area (Å²) in [5.41, 5.74) is 4.35. The van der Waals surface area contributed by atoms with Crippen LogP contribution in [0.5, 0.6) is 11.5 Å². The fraction of sp³-hybridized carbons (Fsp3) is 0.216. The van der Waals surface area contributed by atoms with E-state index >= 15 is 0 Å². The topological polar surface area (TPSA) is 115 Å². The van der Waals surface area contributed by atoms with Crippen molar-refractivity contribution in [1.29, 1.82) is 0 Å². The number of nitrogens with one attached hydrogen (secondary N) is 2. The molecule has 0 saturated carbocycles. The molecule has 0 bridgehead atoms. The van der Waals surface area contributed by atoms with Crippen molar-refractivity contribution < 1.29 is 24.1 Å². The summed E-state index contributed by atoms with van der Waals surface area (Å²) in [6.45, 7) is 2.47. The molecule has 9 nitrogen and oxygen atoms in total. The minimum atomic E-state index is -0.588. The fourth-order valence-corrected chi connectivity index (χ4v) is 6.17. The molecule has 0 aliphatic carbocycles. The predicted octanol–water partition coefficient (Wildman–Crippen LogP) is 7.67. The maximum atomic E-state index is 12.6. The highest BCUT2D eigenvalue weighted by Crippen LogP contribution is 2.42. The number of hydrogen-bond donors (Lipinski definition) is 3. The SMILES string of the molecule is C[C@H]1[C@@H](CSc2ncccn2)O[C@@H](c2ccc(CNC(=O)Nc3ccc(Oc4ccccc4)cc3)cc2)O[C@H]1c1ccc(CO)cc1. The summed E-state index contributed by atoms with van der Waals surface area (Å²) >= 11 is 1.56. The van der Waals surface area contributed by atoms with Gasteiger partial charge in [-0.15, -0.1) is 0 Å². The number of urea groups is 1. The van der Waals surface area contributed by atoms with E-state index in [1.807, 2.05) is 91.0 Å². The lowest BCUT2D eigenvalue weighted by atomic mass is 9.91. The van der Waals surface area contributed by atoms with Crippen LogP contribution in [0.3, 0.4) is 0 Å². The van der Waals surface area contributed by atoms with Gasteiger partial charge in [0.1, 0.15) is 11.5 Å². The first-order chi connectivity index (χ1) is 23.0. The normalized spacial score (nSPS) is 19.1. The molecule has 0 unspecified atom stereocenters. The number of hydrogen-bond acceptors (Lipinski definition) is 8. The molecule has 1 fully saturated rings. The number of carbonyl (C=O) groups excluding carboxylic acids is 1. The van der Waals surface area contributed by atoms with E-state index in [0.717, 1.165) is 28.0 Å². The van der Waals surface area contributed by atoms with Crippen LogP contribution in [-0.2, 0) is 22.6 Å². The van der Waals surface area contributed by atoms with Crippen LogP contribution in [-0.4, -0.2) is 33.0 Å². The molecule has 1 saturated heterocycles. The smallest absolute Gasteiger partial charge is 0.319 e. The molecule has 4 aromatic carbocycles. The zero-order valence-corrected chi connectivity index (χ0v) is 26.7. The second-order valence-electron chi connectivity index (χ2n) is 11.2. The number of para-hydroxylation sites is 1. The summed E-state index contributed by atoms with van der Waals surface area (Å²) < 4.78 is 18.9. The van der Waals surface area contributed by atoms with Crippen LogP contribution in [0.1, 0.15) is 41.6 Å². The van der Waals surface area contributed by atoms with Crippen molar-refractivity contribution in [2.24, 2.45) is 5.92 Å². The van der Waals surface area contributed by atoms with E-state index in [1.54, 1.807) is 42.4 Å². The zero-order chi connectivity index (χ0) is 32.4. The Morgan fingerprint density at radius 2 is 1.47 bits per heavy atom. The largest absolute Gasteiger partial charge is 0.457 e. The Balaban J connectivity index is 1.06. The minimum Gasteiger partial charge on any atom is -0.457 e. The van der Waals surface area contributed by atoms with Crippen molar-refractivity contribution in [2.45, 2.75) is 43.7 Å². The van der Waals surface area contributed by atoms with Crippen molar-refractivity contribution >= 4 is 23.5 Å². The Hall–Kier alpha value is -4.74. The van der Waals surface area contributed by atoms with Crippen molar-refractivity contribution in [3.63, 3.8) is 0 Å². The Morgan fingerprint density at radius 1 is 0.809 bits per heavy atom. The average molecular weight is 649 g/mol. The third-order valence-corrected chi connectivity index (χ3v) is 8.80. The zero-order valence-electron chi connectivity index (χ0n) is 25.9. The lowest BCUT2D eigenvalue weighted by Gasteiger charge is -2.41. The first-order valence-corrected chi connectivity index (χ1v) is 16.4. The van der Waals surface area contributed by atoms with Crippen LogP contribution in [0.15, 0.2) is 127 Å². The Labute approximate surface area is 278 Å². The molecule has 1 aromatic heterocycles. The number of aliphatic hydroxyl groups excluding tert-OH is 1. The fourth-order valence-electron chi connectivity index (χ4n) is 5.21. The van der Waals surface area contributed by atoms with Gasteiger partial charge in [0.25, 0.3) is 0 Å². The molecule has 1 aliphatic heterocycles. The van der Waals surface area contributed by atoms with E-state index < -0.39 is 6.29 Å². The Morgan fingerprint density at radius 3 is 2.17 bits per heavy atom. The standard InChI is InChI=1S/C37H36N4O5S/c1-25-33(24-47-37-38-20-5-21-39-37)45-35(46-34(25)28-12-10-27(23-42)11-13-28)29-14-8-26(9-15-29)22-40-36(43)41-30-16-18-32(19-17-30)44-31-6-3-2-4-7-31/h2-21,25,33-35,42H,22-24H2,1H3,(H2,40,41,43)/t25-,33+,34+,35+/m0/s1. The van der Waals surface area contributed by atoms with Crippen LogP contribution in [0.4, 0.5) is 10.5 Å². The van der Waals surface area contributed by atoms with Crippen LogP contribution >= 0.6 is 11.8 Å². The van der Waals surface area contributed by atoms with Gasteiger partial charge in [-0.2, -0.15) is 0 Å². The number of nitrogens with zero attached hydrogens (tertiary/aromatic N) is 2.